The standard InChI is InChI=1S/C14H10ClFN2O/c15-14-12(2-1-9-17-14)18-13(19)8-5-10-3-6-11(16)7-4-10/h1-9H,(H,18,19)/b8-5+. The number of pyridine rings is 1. The molecule has 1 amide bonds. The molecule has 0 radical (unpaired) electrons. The van der Waals surface area contributed by atoms with Crippen LogP contribution in [-0.2, 0) is 4.79 Å². The lowest BCUT2D eigenvalue weighted by molar-refractivity contribution is -0.111. The largest absolute Gasteiger partial charge is 0.320 e. The Balaban J connectivity index is 2.02. The molecule has 0 spiro atoms. The molecule has 1 aromatic carbocycles. The molecule has 0 unspecified atom stereocenters. The average molecular weight is 277 g/mol. The van der Waals surface area contributed by atoms with Gasteiger partial charge in [-0.3, -0.25) is 4.79 Å². The smallest absolute Gasteiger partial charge is 0.248 e. The lowest BCUT2D eigenvalue weighted by atomic mass is 10.2. The second-order valence-corrected chi connectivity index (χ2v) is 4.07. The molecule has 2 rings (SSSR count). The van der Waals surface area contributed by atoms with Gasteiger partial charge in [0.15, 0.2) is 5.15 Å². The number of carbonyl (C=O) groups excluding carboxylic acids is 1. The van der Waals surface area contributed by atoms with Crippen molar-refractivity contribution in [1.29, 1.82) is 0 Å². The summed E-state index contributed by atoms with van der Waals surface area (Å²) in [7, 11) is 0. The second-order valence-electron chi connectivity index (χ2n) is 3.72. The van der Waals surface area contributed by atoms with Crippen LogP contribution < -0.4 is 5.32 Å². The van der Waals surface area contributed by atoms with Gasteiger partial charge in [0.25, 0.3) is 0 Å². The highest BCUT2D eigenvalue weighted by Crippen LogP contribution is 2.17. The molecule has 3 nitrogen and oxygen atoms in total. The van der Waals surface area contributed by atoms with E-state index in [0.29, 0.717) is 5.69 Å². The summed E-state index contributed by atoms with van der Waals surface area (Å²) in [5.41, 5.74) is 1.17. The monoisotopic (exact) mass is 276 g/mol. The van der Waals surface area contributed by atoms with Crippen molar-refractivity contribution in [2.45, 2.75) is 0 Å². The molecular weight excluding hydrogens is 267 g/mol. The first-order chi connectivity index (χ1) is 9.15. The zero-order chi connectivity index (χ0) is 13.7. The number of amides is 1. The van der Waals surface area contributed by atoms with Crippen LogP contribution in [0.2, 0.25) is 5.15 Å². The Morgan fingerprint density at radius 3 is 2.68 bits per heavy atom. The van der Waals surface area contributed by atoms with E-state index in [1.165, 1.54) is 24.4 Å². The predicted molar refractivity (Wildman–Crippen MR) is 73.3 cm³/mol. The van der Waals surface area contributed by atoms with E-state index in [1.807, 2.05) is 0 Å². The number of hydrogen-bond acceptors (Lipinski definition) is 2. The Bertz CT molecular complexity index is 611. The molecule has 0 bridgehead atoms. The number of rotatable bonds is 3. The van der Waals surface area contributed by atoms with Crippen molar-refractivity contribution in [3.63, 3.8) is 0 Å². The molecular formula is C14H10ClFN2O. The van der Waals surface area contributed by atoms with E-state index in [4.69, 9.17) is 11.6 Å². The first-order valence-corrected chi connectivity index (χ1v) is 5.88. The molecule has 2 aromatic rings. The molecule has 1 N–H and O–H groups in total. The van der Waals surface area contributed by atoms with E-state index in [2.05, 4.69) is 10.3 Å². The maximum Gasteiger partial charge on any atom is 0.248 e. The summed E-state index contributed by atoms with van der Waals surface area (Å²) in [4.78, 5) is 15.5. The van der Waals surface area contributed by atoms with Gasteiger partial charge >= 0.3 is 0 Å². The maximum absolute atomic E-state index is 12.7. The fraction of sp³-hybridized carbons (Fsp3) is 0. The van der Waals surface area contributed by atoms with E-state index in [-0.39, 0.29) is 16.9 Å². The van der Waals surface area contributed by atoms with Crippen molar-refractivity contribution >= 4 is 29.3 Å². The fourth-order valence-corrected chi connectivity index (χ4v) is 1.57. The van der Waals surface area contributed by atoms with Crippen molar-refractivity contribution < 1.29 is 9.18 Å². The lowest BCUT2D eigenvalue weighted by Crippen LogP contribution is -2.08. The van der Waals surface area contributed by atoms with Crippen LogP contribution in [0.5, 0.6) is 0 Å². The molecule has 0 saturated heterocycles. The number of hydrogen-bond donors (Lipinski definition) is 1. The van der Waals surface area contributed by atoms with Crippen molar-refractivity contribution in [2.24, 2.45) is 0 Å². The van der Waals surface area contributed by atoms with Crippen LogP contribution in [0.15, 0.2) is 48.7 Å². The summed E-state index contributed by atoms with van der Waals surface area (Å²) in [6.07, 6.45) is 4.46. The highest BCUT2D eigenvalue weighted by Gasteiger charge is 2.02. The number of nitrogens with zero attached hydrogens (tertiary/aromatic N) is 1. The molecule has 0 fully saturated rings. The minimum absolute atomic E-state index is 0.228. The number of aromatic nitrogens is 1. The number of nitrogens with one attached hydrogen (secondary N) is 1. The highest BCUT2D eigenvalue weighted by atomic mass is 35.5. The minimum Gasteiger partial charge on any atom is -0.320 e. The maximum atomic E-state index is 12.7. The molecule has 0 atom stereocenters. The zero-order valence-electron chi connectivity index (χ0n) is 9.81. The Kier molecular flexibility index (Phi) is 4.26. The summed E-state index contributed by atoms with van der Waals surface area (Å²) in [5, 5.41) is 2.83. The third-order valence-corrected chi connectivity index (χ3v) is 2.62. The van der Waals surface area contributed by atoms with Crippen LogP contribution in [0.3, 0.4) is 0 Å². The van der Waals surface area contributed by atoms with E-state index < -0.39 is 0 Å². The molecule has 1 heterocycles. The van der Waals surface area contributed by atoms with Gasteiger partial charge in [-0.1, -0.05) is 23.7 Å². The van der Waals surface area contributed by atoms with Gasteiger partial charge < -0.3 is 5.32 Å². The van der Waals surface area contributed by atoms with E-state index in [9.17, 15) is 9.18 Å². The molecule has 19 heavy (non-hydrogen) atoms. The number of carbonyl (C=O) groups is 1. The van der Waals surface area contributed by atoms with Gasteiger partial charge in [0, 0.05) is 12.3 Å². The quantitative estimate of drug-likeness (QED) is 0.688. The Morgan fingerprint density at radius 2 is 2.00 bits per heavy atom. The third kappa shape index (κ3) is 3.89. The summed E-state index contributed by atoms with van der Waals surface area (Å²) in [5.74, 6) is -0.650. The molecule has 96 valence electrons. The first-order valence-electron chi connectivity index (χ1n) is 5.50. The molecule has 5 heteroatoms. The number of benzene rings is 1. The molecule has 0 aliphatic carbocycles. The van der Waals surface area contributed by atoms with Crippen LogP contribution in [0, 0.1) is 5.82 Å². The van der Waals surface area contributed by atoms with Gasteiger partial charge in [0.1, 0.15) is 5.82 Å². The van der Waals surface area contributed by atoms with E-state index in [0.717, 1.165) is 5.56 Å². The van der Waals surface area contributed by atoms with Crippen molar-refractivity contribution in [3.8, 4) is 0 Å². The highest BCUT2D eigenvalue weighted by molar-refractivity contribution is 6.32. The van der Waals surface area contributed by atoms with Gasteiger partial charge in [0.05, 0.1) is 5.69 Å². The third-order valence-electron chi connectivity index (χ3n) is 2.31. The fourth-order valence-electron chi connectivity index (χ4n) is 1.40. The average Bonchev–Trinajstić information content (AvgIpc) is 2.41. The Morgan fingerprint density at radius 1 is 1.26 bits per heavy atom. The first kappa shape index (κ1) is 13.2. The molecule has 0 aliphatic rings. The summed E-state index contributed by atoms with van der Waals surface area (Å²) >= 11 is 5.81. The van der Waals surface area contributed by atoms with Gasteiger partial charge in [-0.15, -0.1) is 0 Å². The Hall–Kier alpha value is -2.20. The normalized spacial score (nSPS) is 10.6. The predicted octanol–water partition coefficient (Wildman–Crippen LogP) is 3.53. The van der Waals surface area contributed by atoms with E-state index in [1.54, 1.807) is 30.3 Å². The van der Waals surface area contributed by atoms with Crippen molar-refractivity contribution in [1.82, 2.24) is 4.98 Å². The lowest BCUT2D eigenvalue weighted by Gasteiger charge is -2.02. The van der Waals surface area contributed by atoms with Crippen LogP contribution in [0.4, 0.5) is 10.1 Å². The van der Waals surface area contributed by atoms with Crippen molar-refractivity contribution in [2.75, 3.05) is 5.32 Å². The summed E-state index contributed by atoms with van der Waals surface area (Å²) < 4.78 is 12.7. The SMILES string of the molecule is O=C(/C=C/c1ccc(F)cc1)Nc1cccnc1Cl. The molecule has 1 aromatic heterocycles. The van der Waals surface area contributed by atoms with Crippen molar-refractivity contribution in [3.05, 3.63) is 65.2 Å². The molecule has 0 aliphatic heterocycles. The summed E-state index contributed by atoms with van der Waals surface area (Å²) in [6.45, 7) is 0. The van der Waals surface area contributed by atoms with Gasteiger partial charge in [-0.25, -0.2) is 9.37 Å². The zero-order valence-corrected chi connectivity index (χ0v) is 10.6. The van der Waals surface area contributed by atoms with Crippen LogP contribution in [0.1, 0.15) is 5.56 Å². The van der Waals surface area contributed by atoms with Gasteiger partial charge in [0.2, 0.25) is 5.91 Å². The van der Waals surface area contributed by atoms with Crippen LogP contribution >= 0.6 is 11.6 Å². The summed E-state index contributed by atoms with van der Waals surface area (Å²) in [6, 6.07) is 9.14. The number of halogens is 2. The molecule has 0 saturated carbocycles. The van der Waals surface area contributed by atoms with Gasteiger partial charge in [-0.2, -0.15) is 0 Å². The minimum atomic E-state index is -0.334. The van der Waals surface area contributed by atoms with E-state index >= 15 is 0 Å². The second kappa shape index (κ2) is 6.11. The van der Waals surface area contributed by atoms with Crippen LogP contribution in [-0.4, -0.2) is 10.9 Å². The van der Waals surface area contributed by atoms with Crippen LogP contribution in [0.25, 0.3) is 6.08 Å². The number of anilines is 1. The topological polar surface area (TPSA) is 42.0 Å². The Labute approximate surface area is 114 Å². The van der Waals surface area contributed by atoms with Gasteiger partial charge in [-0.05, 0) is 35.9 Å².